The van der Waals surface area contributed by atoms with E-state index in [9.17, 15) is 4.79 Å². The predicted octanol–water partition coefficient (Wildman–Crippen LogP) is 4.64. The number of nitrogens with zero attached hydrogens (tertiary/aromatic N) is 2. The first-order chi connectivity index (χ1) is 13.1. The number of thioether (sulfide) groups is 1. The molecule has 0 saturated carbocycles. The summed E-state index contributed by atoms with van der Waals surface area (Å²) in [6.07, 6.45) is 1.80. The van der Waals surface area contributed by atoms with Crippen LogP contribution >= 0.6 is 24.0 Å². The molecule has 0 unspecified atom stereocenters. The molecule has 6 heteroatoms. The highest BCUT2D eigenvalue weighted by Crippen LogP contribution is 2.33. The van der Waals surface area contributed by atoms with Crippen LogP contribution in [0.4, 0.5) is 0 Å². The summed E-state index contributed by atoms with van der Waals surface area (Å²) >= 11 is 6.72. The standard InChI is InChI=1S/C21H16N2O2S2/c1-25-17-9-10-18-15(11-17)7-8-16(22-18)12-19-20(24)23(21(26)27-19)13-14-5-3-2-4-6-14/h2-12H,13H2,1H3. The van der Waals surface area contributed by atoms with E-state index in [-0.39, 0.29) is 5.91 Å². The second-order valence-electron chi connectivity index (χ2n) is 6.05. The number of ether oxygens (including phenoxy) is 1. The van der Waals surface area contributed by atoms with E-state index in [0.717, 1.165) is 27.9 Å². The molecule has 0 radical (unpaired) electrons. The van der Waals surface area contributed by atoms with Gasteiger partial charge in [-0.15, -0.1) is 0 Å². The zero-order valence-corrected chi connectivity index (χ0v) is 16.2. The molecule has 2 heterocycles. The second kappa shape index (κ2) is 7.50. The molecule has 4 nitrogen and oxygen atoms in total. The third-order valence-electron chi connectivity index (χ3n) is 4.25. The fourth-order valence-electron chi connectivity index (χ4n) is 2.86. The lowest BCUT2D eigenvalue weighted by Gasteiger charge is -2.14. The molecule has 4 rings (SSSR count). The summed E-state index contributed by atoms with van der Waals surface area (Å²) in [5.74, 6) is 0.712. The van der Waals surface area contributed by atoms with Crippen LogP contribution in [0.1, 0.15) is 11.3 Å². The Morgan fingerprint density at radius 3 is 2.74 bits per heavy atom. The number of thiocarbonyl (C=S) groups is 1. The van der Waals surface area contributed by atoms with Crippen molar-refractivity contribution in [2.24, 2.45) is 0 Å². The van der Waals surface area contributed by atoms with Crippen LogP contribution in [0.2, 0.25) is 0 Å². The Labute approximate surface area is 166 Å². The largest absolute Gasteiger partial charge is 0.497 e. The summed E-state index contributed by atoms with van der Waals surface area (Å²) in [7, 11) is 1.64. The molecule has 0 aliphatic carbocycles. The molecular weight excluding hydrogens is 376 g/mol. The van der Waals surface area contributed by atoms with E-state index < -0.39 is 0 Å². The predicted molar refractivity (Wildman–Crippen MR) is 113 cm³/mol. The number of fused-ring (bicyclic) bond motifs is 1. The SMILES string of the molecule is COc1ccc2nc(C=C3SC(=S)N(Cc4ccccc4)C3=O)ccc2c1. The summed E-state index contributed by atoms with van der Waals surface area (Å²) in [5, 5.41) is 0.989. The van der Waals surface area contributed by atoms with Crippen LogP contribution in [0.15, 0.2) is 65.6 Å². The maximum atomic E-state index is 12.8. The number of hydrogen-bond donors (Lipinski definition) is 0. The van der Waals surface area contributed by atoms with Gasteiger partial charge in [0.05, 0.1) is 29.8 Å². The second-order valence-corrected chi connectivity index (χ2v) is 7.72. The van der Waals surface area contributed by atoms with E-state index in [4.69, 9.17) is 17.0 Å². The monoisotopic (exact) mass is 392 g/mol. The van der Waals surface area contributed by atoms with Crippen LogP contribution in [0, 0.1) is 0 Å². The molecule has 1 aromatic heterocycles. The van der Waals surface area contributed by atoms with Gasteiger partial charge in [-0.25, -0.2) is 4.98 Å². The van der Waals surface area contributed by atoms with Crippen molar-refractivity contribution in [3.05, 3.63) is 76.8 Å². The van der Waals surface area contributed by atoms with Crippen molar-refractivity contribution in [1.29, 1.82) is 0 Å². The number of amides is 1. The fraction of sp³-hybridized carbons (Fsp3) is 0.0952. The van der Waals surface area contributed by atoms with Crippen LogP contribution in [0.25, 0.3) is 17.0 Å². The Balaban J connectivity index is 1.59. The minimum atomic E-state index is -0.0783. The van der Waals surface area contributed by atoms with Crippen molar-refractivity contribution in [1.82, 2.24) is 9.88 Å². The zero-order valence-electron chi connectivity index (χ0n) is 14.6. The molecule has 1 saturated heterocycles. The Morgan fingerprint density at radius 2 is 1.96 bits per heavy atom. The van der Waals surface area contributed by atoms with Crippen LogP contribution in [0.5, 0.6) is 5.75 Å². The van der Waals surface area contributed by atoms with E-state index in [2.05, 4.69) is 4.98 Å². The highest BCUT2D eigenvalue weighted by atomic mass is 32.2. The van der Waals surface area contributed by atoms with Crippen molar-refractivity contribution < 1.29 is 9.53 Å². The molecule has 2 aromatic carbocycles. The third-order valence-corrected chi connectivity index (χ3v) is 5.63. The van der Waals surface area contributed by atoms with E-state index >= 15 is 0 Å². The van der Waals surface area contributed by atoms with Crippen LogP contribution in [0.3, 0.4) is 0 Å². The summed E-state index contributed by atoms with van der Waals surface area (Å²) < 4.78 is 5.81. The lowest BCUT2D eigenvalue weighted by molar-refractivity contribution is -0.122. The molecule has 1 aliphatic rings. The van der Waals surface area contributed by atoms with Gasteiger partial charge >= 0.3 is 0 Å². The summed E-state index contributed by atoms with van der Waals surface area (Å²) in [6.45, 7) is 0.480. The van der Waals surface area contributed by atoms with Gasteiger partial charge in [0.1, 0.15) is 10.1 Å². The quantitative estimate of drug-likeness (QED) is 0.478. The van der Waals surface area contributed by atoms with Gasteiger partial charge in [-0.2, -0.15) is 0 Å². The normalized spacial score (nSPS) is 15.7. The first-order valence-corrected chi connectivity index (χ1v) is 9.60. The molecule has 1 fully saturated rings. The van der Waals surface area contributed by atoms with Gasteiger partial charge in [0.2, 0.25) is 0 Å². The maximum Gasteiger partial charge on any atom is 0.266 e. The summed E-state index contributed by atoms with van der Waals surface area (Å²) in [5.41, 5.74) is 2.63. The Kier molecular flexibility index (Phi) is 4.92. The number of benzene rings is 2. The average molecular weight is 393 g/mol. The van der Waals surface area contributed by atoms with Crippen molar-refractivity contribution in [2.45, 2.75) is 6.54 Å². The third kappa shape index (κ3) is 3.72. The molecule has 3 aromatic rings. The van der Waals surface area contributed by atoms with Crippen LogP contribution in [-0.4, -0.2) is 27.2 Å². The number of aromatic nitrogens is 1. The Hall–Kier alpha value is -2.70. The van der Waals surface area contributed by atoms with Gasteiger partial charge < -0.3 is 4.74 Å². The maximum absolute atomic E-state index is 12.8. The van der Waals surface area contributed by atoms with Gasteiger partial charge in [-0.1, -0.05) is 60.4 Å². The van der Waals surface area contributed by atoms with E-state index in [1.54, 1.807) is 18.1 Å². The van der Waals surface area contributed by atoms with Gasteiger partial charge in [0, 0.05) is 5.39 Å². The van der Waals surface area contributed by atoms with Gasteiger partial charge in [0.15, 0.2) is 0 Å². The molecule has 0 N–H and O–H groups in total. The molecule has 0 spiro atoms. The number of pyridine rings is 1. The van der Waals surface area contributed by atoms with E-state index in [1.807, 2.05) is 60.7 Å². The Bertz CT molecular complexity index is 1060. The molecule has 27 heavy (non-hydrogen) atoms. The molecular formula is C21H16N2O2S2. The van der Waals surface area contributed by atoms with Gasteiger partial charge in [-0.3, -0.25) is 9.69 Å². The first kappa shape index (κ1) is 17.7. The van der Waals surface area contributed by atoms with E-state index in [0.29, 0.717) is 15.8 Å². The van der Waals surface area contributed by atoms with Crippen molar-refractivity contribution in [3.8, 4) is 5.75 Å². The number of methoxy groups -OCH3 is 1. The van der Waals surface area contributed by atoms with Crippen LogP contribution < -0.4 is 4.74 Å². The number of hydrogen-bond acceptors (Lipinski definition) is 5. The van der Waals surface area contributed by atoms with Gasteiger partial charge in [-0.05, 0) is 35.9 Å². The summed E-state index contributed by atoms with van der Waals surface area (Å²) in [6, 6.07) is 19.4. The first-order valence-electron chi connectivity index (χ1n) is 8.38. The number of carbonyl (C=O) groups excluding carboxylic acids is 1. The highest BCUT2D eigenvalue weighted by Gasteiger charge is 2.32. The zero-order chi connectivity index (χ0) is 18.8. The molecule has 1 amide bonds. The summed E-state index contributed by atoms with van der Waals surface area (Å²) in [4.78, 5) is 19.6. The lowest BCUT2D eigenvalue weighted by Crippen LogP contribution is -2.27. The molecule has 1 aliphatic heterocycles. The average Bonchev–Trinajstić information content (AvgIpc) is 2.95. The molecule has 0 atom stereocenters. The minimum absolute atomic E-state index is 0.0783. The number of carbonyl (C=O) groups is 1. The lowest BCUT2D eigenvalue weighted by atomic mass is 10.2. The van der Waals surface area contributed by atoms with E-state index in [1.165, 1.54) is 11.8 Å². The smallest absolute Gasteiger partial charge is 0.266 e. The van der Waals surface area contributed by atoms with Gasteiger partial charge in [0.25, 0.3) is 5.91 Å². The Morgan fingerprint density at radius 1 is 1.15 bits per heavy atom. The number of rotatable bonds is 4. The minimum Gasteiger partial charge on any atom is -0.497 e. The fourth-order valence-corrected chi connectivity index (χ4v) is 4.10. The highest BCUT2D eigenvalue weighted by molar-refractivity contribution is 8.26. The van der Waals surface area contributed by atoms with Crippen molar-refractivity contribution >= 4 is 51.2 Å². The molecule has 134 valence electrons. The molecule has 0 bridgehead atoms. The van der Waals surface area contributed by atoms with Crippen molar-refractivity contribution in [3.63, 3.8) is 0 Å². The van der Waals surface area contributed by atoms with Crippen LogP contribution in [-0.2, 0) is 11.3 Å². The van der Waals surface area contributed by atoms with Crippen molar-refractivity contribution in [2.75, 3.05) is 7.11 Å². The topological polar surface area (TPSA) is 42.4 Å².